The molecule has 0 aromatic heterocycles. The van der Waals surface area contributed by atoms with Gasteiger partial charge in [0, 0.05) is 13.0 Å². The Morgan fingerprint density at radius 1 is 1.25 bits per heavy atom. The molecule has 6 nitrogen and oxygen atoms in total. The molecule has 0 saturated heterocycles. The minimum absolute atomic E-state index is 0.267. The first kappa shape index (κ1) is 11.7. The number of phenolic OH excluding ortho intramolecular Hbond substituents is 1. The highest BCUT2D eigenvalue weighted by molar-refractivity contribution is 6.33. The Labute approximate surface area is 90.1 Å². The Kier molecular flexibility index (Phi) is 3.24. The van der Waals surface area contributed by atoms with Gasteiger partial charge in [-0.25, -0.2) is 9.59 Å². The largest absolute Gasteiger partial charge is 0.508 e. The van der Waals surface area contributed by atoms with Gasteiger partial charge >= 0.3 is 11.9 Å². The third-order valence-electron chi connectivity index (χ3n) is 1.69. The second kappa shape index (κ2) is 4.43. The van der Waals surface area contributed by atoms with Gasteiger partial charge in [0.2, 0.25) is 5.78 Å². The number of esters is 1. The third-order valence-corrected chi connectivity index (χ3v) is 1.69. The summed E-state index contributed by atoms with van der Waals surface area (Å²) in [4.78, 5) is 32.3. The number of ketones is 1. The van der Waals surface area contributed by atoms with Crippen LogP contribution < -0.4 is 4.74 Å². The summed E-state index contributed by atoms with van der Waals surface area (Å²) >= 11 is 0. The average molecular weight is 224 g/mol. The second-order valence-electron chi connectivity index (χ2n) is 2.93. The highest BCUT2D eigenvalue weighted by Gasteiger charge is 2.17. The summed E-state index contributed by atoms with van der Waals surface area (Å²) in [6.07, 6.45) is 0. The monoisotopic (exact) mass is 224 g/mol. The normalized spacial score (nSPS) is 9.56. The molecule has 0 radical (unpaired) electrons. The molecule has 1 aromatic rings. The minimum atomic E-state index is -1.33. The van der Waals surface area contributed by atoms with Gasteiger partial charge in [-0.15, -0.1) is 0 Å². The van der Waals surface area contributed by atoms with E-state index in [4.69, 9.17) is 10.2 Å². The smallest absolute Gasteiger partial charge is 0.379 e. The number of carboxylic acids is 1. The molecule has 0 heterocycles. The third kappa shape index (κ3) is 2.57. The van der Waals surface area contributed by atoms with E-state index in [1.807, 2.05) is 0 Å². The van der Waals surface area contributed by atoms with E-state index in [9.17, 15) is 14.4 Å². The van der Waals surface area contributed by atoms with Crippen molar-refractivity contribution in [2.75, 3.05) is 0 Å². The maximum Gasteiger partial charge on any atom is 0.379 e. The van der Waals surface area contributed by atoms with Crippen molar-refractivity contribution in [1.82, 2.24) is 0 Å². The van der Waals surface area contributed by atoms with Gasteiger partial charge in [-0.2, -0.15) is 0 Å². The maximum absolute atomic E-state index is 11.0. The van der Waals surface area contributed by atoms with Crippen molar-refractivity contribution in [3.05, 3.63) is 23.8 Å². The molecule has 16 heavy (non-hydrogen) atoms. The van der Waals surface area contributed by atoms with E-state index in [2.05, 4.69) is 4.74 Å². The van der Waals surface area contributed by atoms with Gasteiger partial charge in [0.25, 0.3) is 0 Å². The van der Waals surface area contributed by atoms with Crippen LogP contribution in [-0.4, -0.2) is 27.9 Å². The average Bonchev–Trinajstić information content (AvgIpc) is 2.16. The zero-order chi connectivity index (χ0) is 12.3. The summed E-state index contributed by atoms with van der Waals surface area (Å²) in [6, 6.07) is 3.15. The molecular formula is C10H8O6. The van der Waals surface area contributed by atoms with E-state index in [-0.39, 0.29) is 17.1 Å². The van der Waals surface area contributed by atoms with E-state index in [0.717, 1.165) is 25.1 Å². The fourth-order valence-electron chi connectivity index (χ4n) is 0.944. The molecule has 1 aromatic carbocycles. The van der Waals surface area contributed by atoms with Crippen LogP contribution in [0.4, 0.5) is 0 Å². The molecular weight excluding hydrogens is 216 g/mol. The standard InChI is InChI=1S/C10H8O6/c1-5(11)10(15)16-8-4-6(12)2-3-7(8)9(13)14/h2-4,12H,1H3,(H,13,14). The van der Waals surface area contributed by atoms with Crippen molar-refractivity contribution >= 4 is 17.7 Å². The van der Waals surface area contributed by atoms with Crippen molar-refractivity contribution < 1.29 is 29.3 Å². The lowest BCUT2D eigenvalue weighted by molar-refractivity contribution is -0.146. The van der Waals surface area contributed by atoms with Crippen LogP contribution in [0.2, 0.25) is 0 Å². The quantitative estimate of drug-likeness (QED) is 0.442. The van der Waals surface area contributed by atoms with Gasteiger partial charge in [0.15, 0.2) is 0 Å². The van der Waals surface area contributed by atoms with Crippen LogP contribution in [0.1, 0.15) is 17.3 Å². The fraction of sp³-hybridized carbons (Fsp3) is 0.100. The van der Waals surface area contributed by atoms with Gasteiger partial charge in [-0.05, 0) is 12.1 Å². The number of carbonyl (C=O) groups excluding carboxylic acids is 2. The number of carbonyl (C=O) groups is 3. The molecule has 0 bridgehead atoms. The highest BCUT2D eigenvalue weighted by atomic mass is 16.5. The summed E-state index contributed by atoms with van der Waals surface area (Å²) in [5, 5.41) is 17.9. The molecule has 6 heteroatoms. The minimum Gasteiger partial charge on any atom is -0.508 e. The summed E-state index contributed by atoms with van der Waals surface area (Å²) in [7, 11) is 0. The van der Waals surface area contributed by atoms with Crippen molar-refractivity contribution in [2.24, 2.45) is 0 Å². The lowest BCUT2D eigenvalue weighted by Crippen LogP contribution is -2.18. The van der Waals surface area contributed by atoms with Crippen molar-refractivity contribution in [2.45, 2.75) is 6.92 Å². The predicted molar refractivity (Wildman–Crippen MR) is 51.4 cm³/mol. The first-order valence-electron chi connectivity index (χ1n) is 4.21. The number of rotatable bonds is 3. The zero-order valence-electron chi connectivity index (χ0n) is 8.26. The molecule has 0 atom stereocenters. The molecule has 0 saturated carbocycles. The molecule has 0 spiro atoms. The van der Waals surface area contributed by atoms with Crippen LogP contribution in [0.5, 0.6) is 11.5 Å². The molecule has 0 amide bonds. The molecule has 0 aliphatic rings. The predicted octanol–water partition coefficient (Wildman–Crippen LogP) is 0.585. The maximum atomic E-state index is 11.0. The molecule has 0 aliphatic carbocycles. The number of hydrogen-bond donors (Lipinski definition) is 2. The van der Waals surface area contributed by atoms with Crippen molar-refractivity contribution in [3.63, 3.8) is 0 Å². The number of hydrogen-bond acceptors (Lipinski definition) is 5. The Balaban J connectivity index is 3.10. The first-order valence-corrected chi connectivity index (χ1v) is 4.21. The SMILES string of the molecule is CC(=O)C(=O)Oc1cc(O)ccc1C(=O)O. The fourth-order valence-corrected chi connectivity index (χ4v) is 0.944. The zero-order valence-corrected chi connectivity index (χ0v) is 8.26. The Morgan fingerprint density at radius 2 is 1.88 bits per heavy atom. The second-order valence-corrected chi connectivity index (χ2v) is 2.93. The number of carboxylic acid groups (broad SMARTS) is 1. The number of ether oxygens (including phenoxy) is 1. The van der Waals surface area contributed by atoms with Crippen LogP contribution in [0.3, 0.4) is 0 Å². The molecule has 1 rings (SSSR count). The molecule has 2 N–H and O–H groups in total. The summed E-state index contributed by atoms with van der Waals surface area (Å²) < 4.78 is 4.52. The lowest BCUT2D eigenvalue weighted by atomic mass is 10.2. The van der Waals surface area contributed by atoms with Gasteiger partial charge < -0.3 is 14.9 Å². The Bertz CT molecular complexity index is 462. The number of Topliss-reactive ketones (excluding diaryl/α,β-unsaturated/α-hetero) is 1. The summed E-state index contributed by atoms with van der Waals surface area (Å²) in [5.41, 5.74) is -0.313. The topological polar surface area (TPSA) is 101 Å². The van der Waals surface area contributed by atoms with Crippen LogP contribution >= 0.6 is 0 Å². The van der Waals surface area contributed by atoms with Crippen LogP contribution in [0, 0.1) is 0 Å². The first-order chi connectivity index (χ1) is 7.41. The van der Waals surface area contributed by atoms with E-state index in [1.54, 1.807) is 0 Å². The van der Waals surface area contributed by atoms with E-state index < -0.39 is 17.7 Å². The molecule has 84 valence electrons. The van der Waals surface area contributed by atoms with E-state index >= 15 is 0 Å². The lowest BCUT2D eigenvalue weighted by Gasteiger charge is -2.05. The molecule has 0 unspecified atom stereocenters. The van der Waals surface area contributed by atoms with Crippen LogP contribution in [0.15, 0.2) is 18.2 Å². The number of benzene rings is 1. The van der Waals surface area contributed by atoms with Gasteiger partial charge in [0.1, 0.15) is 17.1 Å². The van der Waals surface area contributed by atoms with Gasteiger partial charge in [-0.1, -0.05) is 0 Å². The summed E-state index contributed by atoms with van der Waals surface area (Å²) in [6.45, 7) is 0.992. The Morgan fingerprint density at radius 3 is 2.38 bits per heavy atom. The van der Waals surface area contributed by atoms with Gasteiger partial charge in [0.05, 0.1) is 0 Å². The van der Waals surface area contributed by atoms with Crippen LogP contribution in [0.25, 0.3) is 0 Å². The number of phenols is 1. The van der Waals surface area contributed by atoms with Crippen molar-refractivity contribution in [1.29, 1.82) is 0 Å². The van der Waals surface area contributed by atoms with Crippen LogP contribution in [-0.2, 0) is 9.59 Å². The van der Waals surface area contributed by atoms with E-state index in [0.29, 0.717) is 0 Å². The number of aromatic hydroxyl groups is 1. The molecule has 0 aliphatic heterocycles. The van der Waals surface area contributed by atoms with Gasteiger partial charge in [-0.3, -0.25) is 4.79 Å². The number of aromatic carboxylic acids is 1. The van der Waals surface area contributed by atoms with E-state index in [1.165, 1.54) is 0 Å². The molecule has 0 fully saturated rings. The van der Waals surface area contributed by atoms with Crippen molar-refractivity contribution in [3.8, 4) is 11.5 Å². The highest BCUT2D eigenvalue weighted by Crippen LogP contribution is 2.24. The summed E-state index contributed by atoms with van der Waals surface area (Å²) in [5.74, 6) is -4.01. The Hall–Kier alpha value is -2.37.